The van der Waals surface area contributed by atoms with E-state index in [4.69, 9.17) is 5.21 Å². The molecule has 0 aliphatic carbocycles. The van der Waals surface area contributed by atoms with Crippen molar-refractivity contribution in [3.05, 3.63) is 66.5 Å². The van der Waals surface area contributed by atoms with Gasteiger partial charge >= 0.3 is 0 Å². The maximum Gasteiger partial charge on any atom is 0.247 e. The second-order valence-electron chi connectivity index (χ2n) is 6.24. The van der Waals surface area contributed by atoms with E-state index in [0.29, 0.717) is 23.6 Å². The summed E-state index contributed by atoms with van der Waals surface area (Å²) in [6.07, 6.45) is 6.91. The molecule has 1 heterocycles. The Morgan fingerprint density at radius 2 is 1.83 bits per heavy atom. The van der Waals surface area contributed by atoms with Gasteiger partial charge in [0.2, 0.25) is 17.7 Å². The molecule has 0 spiro atoms. The lowest BCUT2D eigenvalue weighted by molar-refractivity contribution is -0.129. The highest BCUT2D eigenvalue weighted by Gasteiger charge is 2.20. The number of benzene rings is 1. The van der Waals surface area contributed by atoms with E-state index < -0.39 is 11.9 Å². The van der Waals surface area contributed by atoms with Crippen molar-refractivity contribution in [3.8, 4) is 0 Å². The molecule has 0 aliphatic heterocycles. The summed E-state index contributed by atoms with van der Waals surface area (Å²) in [7, 11) is 0. The van der Waals surface area contributed by atoms with Gasteiger partial charge in [0.15, 0.2) is 0 Å². The third-order valence-electron chi connectivity index (χ3n) is 3.91. The van der Waals surface area contributed by atoms with Gasteiger partial charge in [-0.3, -0.25) is 24.6 Å². The molecule has 9 heteroatoms. The van der Waals surface area contributed by atoms with E-state index in [1.807, 2.05) is 30.3 Å². The monoisotopic (exact) mass is 428 g/mol. The first kappa shape index (κ1) is 23.1. The van der Waals surface area contributed by atoms with Gasteiger partial charge in [0.05, 0.1) is 0 Å². The number of amides is 3. The Bertz CT molecular complexity index is 847. The smallest absolute Gasteiger partial charge is 0.247 e. The highest BCUT2D eigenvalue weighted by Crippen LogP contribution is 2.10. The average molecular weight is 429 g/mol. The predicted octanol–water partition coefficient (Wildman–Crippen LogP) is 2.24. The van der Waals surface area contributed by atoms with E-state index in [2.05, 4.69) is 15.6 Å². The molecule has 4 N–H and O–H groups in total. The summed E-state index contributed by atoms with van der Waals surface area (Å²) in [5.41, 5.74) is 3.04. The molecule has 2 rings (SSSR count). The highest BCUT2D eigenvalue weighted by molar-refractivity contribution is 7.99. The number of carbonyl (C=O) groups excluding carboxylic acids is 3. The third-order valence-corrected chi connectivity index (χ3v) is 5.06. The molecule has 1 atom stereocenters. The first-order valence-corrected chi connectivity index (χ1v) is 10.5. The van der Waals surface area contributed by atoms with Crippen molar-refractivity contribution in [2.75, 3.05) is 16.8 Å². The van der Waals surface area contributed by atoms with E-state index in [9.17, 15) is 14.4 Å². The van der Waals surface area contributed by atoms with Gasteiger partial charge in [-0.1, -0.05) is 30.3 Å². The van der Waals surface area contributed by atoms with E-state index in [-0.39, 0.29) is 18.2 Å². The standard InChI is InChI=1S/C21H24N4O4S/c26-19(9-8-16-5-2-1-3-6-16)24-18(15-30-14-4-7-20(27)25-29)21(28)23-17-10-12-22-13-11-17/h1-3,5-6,8-13,18,29H,4,7,14-15H2,(H,24,26)(H,25,27)(H,22,23,28)/b9-8+/t18-/m0/s1. The van der Waals surface area contributed by atoms with Crippen LogP contribution in [-0.2, 0) is 14.4 Å². The molecule has 8 nitrogen and oxygen atoms in total. The Labute approximate surface area is 179 Å². The zero-order valence-electron chi connectivity index (χ0n) is 16.3. The molecule has 0 radical (unpaired) electrons. The number of hydrogen-bond acceptors (Lipinski definition) is 6. The summed E-state index contributed by atoms with van der Waals surface area (Å²) >= 11 is 1.44. The van der Waals surface area contributed by atoms with Gasteiger partial charge in [-0.25, -0.2) is 5.48 Å². The number of anilines is 1. The molecule has 0 bridgehead atoms. The number of hydroxylamine groups is 1. The van der Waals surface area contributed by atoms with Crippen LogP contribution in [-0.4, -0.2) is 45.5 Å². The topological polar surface area (TPSA) is 120 Å². The van der Waals surface area contributed by atoms with Crippen LogP contribution in [0.4, 0.5) is 5.69 Å². The van der Waals surface area contributed by atoms with Crippen LogP contribution in [0.2, 0.25) is 0 Å². The lowest BCUT2D eigenvalue weighted by Crippen LogP contribution is -2.45. The van der Waals surface area contributed by atoms with Gasteiger partial charge in [0, 0.05) is 36.3 Å². The van der Waals surface area contributed by atoms with Crippen LogP contribution < -0.4 is 16.1 Å². The highest BCUT2D eigenvalue weighted by atomic mass is 32.2. The maximum atomic E-state index is 12.7. The van der Waals surface area contributed by atoms with Gasteiger partial charge in [-0.15, -0.1) is 0 Å². The van der Waals surface area contributed by atoms with Crippen LogP contribution in [0.1, 0.15) is 18.4 Å². The van der Waals surface area contributed by atoms with Crippen LogP contribution in [0.15, 0.2) is 60.9 Å². The molecule has 0 saturated heterocycles. The summed E-state index contributed by atoms with van der Waals surface area (Å²) in [6, 6.07) is 11.9. The summed E-state index contributed by atoms with van der Waals surface area (Å²) < 4.78 is 0. The summed E-state index contributed by atoms with van der Waals surface area (Å²) in [5.74, 6) is -0.246. The van der Waals surface area contributed by atoms with Crippen molar-refractivity contribution in [2.24, 2.45) is 0 Å². The van der Waals surface area contributed by atoms with Crippen molar-refractivity contribution in [3.63, 3.8) is 0 Å². The van der Waals surface area contributed by atoms with Crippen LogP contribution in [0.5, 0.6) is 0 Å². The maximum absolute atomic E-state index is 12.7. The lowest BCUT2D eigenvalue weighted by atomic mass is 10.2. The fraction of sp³-hybridized carbons (Fsp3) is 0.238. The second-order valence-corrected chi connectivity index (χ2v) is 7.39. The van der Waals surface area contributed by atoms with Crippen molar-refractivity contribution in [1.82, 2.24) is 15.8 Å². The summed E-state index contributed by atoms with van der Waals surface area (Å²) in [6.45, 7) is 0. The molecule has 158 valence electrons. The van der Waals surface area contributed by atoms with Crippen molar-refractivity contribution < 1.29 is 19.6 Å². The lowest BCUT2D eigenvalue weighted by Gasteiger charge is -2.17. The zero-order chi connectivity index (χ0) is 21.6. The van der Waals surface area contributed by atoms with Gasteiger partial charge in [-0.05, 0) is 35.9 Å². The predicted molar refractivity (Wildman–Crippen MR) is 117 cm³/mol. The minimum atomic E-state index is -0.761. The fourth-order valence-corrected chi connectivity index (χ4v) is 3.38. The summed E-state index contributed by atoms with van der Waals surface area (Å²) in [4.78, 5) is 39.9. The fourth-order valence-electron chi connectivity index (χ4n) is 2.40. The SMILES string of the molecule is O=C(/C=C/c1ccccc1)N[C@@H](CSCCCC(=O)NO)C(=O)Nc1ccncc1. The number of carbonyl (C=O) groups is 3. The number of nitrogens with zero attached hydrogens (tertiary/aromatic N) is 1. The Morgan fingerprint density at radius 1 is 1.10 bits per heavy atom. The number of nitrogens with one attached hydrogen (secondary N) is 3. The molecule has 1 aromatic heterocycles. The van der Waals surface area contributed by atoms with Crippen LogP contribution in [0, 0.1) is 0 Å². The minimum Gasteiger partial charge on any atom is -0.340 e. The Morgan fingerprint density at radius 3 is 2.53 bits per heavy atom. The quantitative estimate of drug-likeness (QED) is 0.189. The number of aromatic nitrogens is 1. The molecular formula is C21H24N4O4S. The molecule has 0 aliphatic rings. The van der Waals surface area contributed by atoms with Gasteiger partial charge < -0.3 is 10.6 Å². The first-order chi connectivity index (χ1) is 14.6. The number of pyridine rings is 1. The Balaban J connectivity index is 1.93. The minimum absolute atomic E-state index is 0.184. The van der Waals surface area contributed by atoms with Crippen LogP contribution in [0.3, 0.4) is 0 Å². The van der Waals surface area contributed by atoms with Crippen LogP contribution in [0.25, 0.3) is 6.08 Å². The van der Waals surface area contributed by atoms with Gasteiger partial charge in [0.25, 0.3) is 0 Å². The van der Waals surface area contributed by atoms with Gasteiger partial charge in [-0.2, -0.15) is 11.8 Å². The zero-order valence-corrected chi connectivity index (χ0v) is 17.1. The van der Waals surface area contributed by atoms with E-state index in [1.165, 1.54) is 17.8 Å². The second kappa shape index (κ2) is 13.1. The molecule has 30 heavy (non-hydrogen) atoms. The van der Waals surface area contributed by atoms with Gasteiger partial charge in [0.1, 0.15) is 6.04 Å². The van der Waals surface area contributed by atoms with Crippen molar-refractivity contribution in [1.29, 1.82) is 0 Å². The van der Waals surface area contributed by atoms with E-state index in [1.54, 1.807) is 36.1 Å². The molecule has 0 saturated carbocycles. The van der Waals surface area contributed by atoms with E-state index >= 15 is 0 Å². The van der Waals surface area contributed by atoms with Crippen LogP contribution >= 0.6 is 11.8 Å². The Hall–Kier alpha value is -3.17. The molecule has 3 amide bonds. The Kier molecular flexibility index (Phi) is 10.1. The molecule has 2 aromatic rings. The first-order valence-electron chi connectivity index (χ1n) is 9.33. The van der Waals surface area contributed by atoms with Crippen molar-refractivity contribution >= 4 is 41.2 Å². The van der Waals surface area contributed by atoms with Crippen molar-refractivity contribution in [2.45, 2.75) is 18.9 Å². The molecule has 0 unspecified atom stereocenters. The largest absolute Gasteiger partial charge is 0.340 e. The normalized spacial score (nSPS) is 11.6. The number of rotatable bonds is 11. The number of thioether (sulfide) groups is 1. The molecule has 1 aromatic carbocycles. The molecular weight excluding hydrogens is 404 g/mol. The third kappa shape index (κ3) is 8.89. The van der Waals surface area contributed by atoms with E-state index in [0.717, 1.165) is 5.56 Å². The number of hydrogen-bond donors (Lipinski definition) is 4. The summed E-state index contributed by atoms with van der Waals surface area (Å²) in [5, 5.41) is 14.0. The average Bonchev–Trinajstić information content (AvgIpc) is 2.77. The molecule has 0 fully saturated rings.